The van der Waals surface area contributed by atoms with E-state index in [1.807, 2.05) is 0 Å². The summed E-state index contributed by atoms with van der Waals surface area (Å²) in [6.45, 7) is 6.78. The van der Waals surface area contributed by atoms with Crippen LogP contribution in [-0.4, -0.2) is 63.4 Å². The van der Waals surface area contributed by atoms with E-state index in [-0.39, 0.29) is 0 Å². The maximum absolute atomic E-state index is 12.5. The molecule has 25 heavy (non-hydrogen) atoms. The summed E-state index contributed by atoms with van der Waals surface area (Å²) < 4.78 is 34.9. The Morgan fingerprint density at radius 1 is 1.36 bits per heavy atom. The van der Waals surface area contributed by atoms with Gasteiger partial charge in [0.15, 0.2) is 4.34 Å². The monoisotopic (exact) mass is 401 g/mol. The zero-order chi connectivity index (χ0) is 17.7. The number of thioether (sulfide) groups is 1. The Morgan fingerprint density at radius 2 is 2.16 bits per heavy atom. The number of ether oxygens (including phenoxy) is 1. The lowest BCUT2D eigenvalue weighted by Crippen LogP contribution is -2.38. The average Bonchev–Trinajstić information content (AvgIpc) is 3.01. The van der Waals surface area contributed by atoms with Gasteiger partial charge in [-0.3, -0.25) is 4.90 Å². The van der Waals surface area contributed by atoms with Crippen molar-refractivity contribution in [3.63, 3.8) is 0 Å². The Kier molecular flexibility index (Phi) is 6.70. The van der Waals surface area contributed by atoms with E-state index < -0.39 is 10.0 Å². The topological polar surface area (TPSA) is 71.5 Å². The normalized spacial score (nSPS) is 16.5. The van der Waals surface area contributed by atoms with Gasteiger partial charge in [0.1, 0.15) is 0 Å². The van der Waals surface area contributed by atoms with Gasteiger partial charge in [0.05, 0.1) is 28.3 Å². The number of benzene rings is 1. The first-order chi connectivity index (χ1) is 12.1. The van der Waals surface area contributed by atoms with Gasteiger partial charge in [0.2, 0.25) is 10.0 Å². The van der Waals surface area contributed by atoms with Crippen LogP contribution in [0.25, 0.3) is 10.2 Å². The summed E-state index contributed by atoms with van der Waals surface area (Å²) >= 11 is 3.21. The fraction of sp³-hybridized carbons (Fsp3) is 0.562. The maximum Gasteiger partial charge on any atom is 0.240 e. The molecular formula is C16H23N3O3S3. The highest BCUT2D eigenvalue weighted by atomic mass is 32.2. The molecule has 0 radical (unpaired) electrons. The van der Waals surface area contributed by atoms with E-state index in [9.17, 15) is 8.42 Å². The summed E-state index contributed by atoms with van der Waals surface area (Å²) in [5.74, 6) is 0.954. The fourth-order valence-electron chi connectivity index (χ4n) is 2.65. The Labute approximate surface area is 157 Å². The van der Waals surface area contributed by atoms with E-state index in [2.05, 4.69) is 21.5 Å². The third-order valence-corrected chi connectivity index (χ3v) is 7.47. The van der Waals surface area contributed by atoms with Gasteiger partial charge in [0.25, 0.3) is 0 Å². The first kappa shape index (κ1) is 19.1. The van der Waals surface area contributed by atoms with Crippen LogP contribution in [0.4, 0.5) is 0 Å². The summed E-state index contributed by atoms with van der Waals surface area (Å²) in [6, 6.07) is 5.14. The van der Waals surface area contributed by atoms with Crippen molar-refractivity contribution in [1.29, 1.82) is 0 Å². The molecule has 3 rings (SSSR count). The summed E-state index contributed by atoms with van der Waals surface area (Å²) in [5.41, 5.74) is 0.854. The van der Waals surface area contributed by atoms with Crippen LogP contribution in [0.1, 0.15) is 13.3 Å². The second-order valence-electron chi connectivity index (χ2n) is 5.75. The molecule has 0 spiro atoms. The number of nitrogens with one attached hydrogen (secondary N) is 1. The van der Waals surface area contributed by atoms with Crippen LogP contribution in [0.3, 0.4) is 0 Å². The number of morpholine rings is 1. The van der Waals surface area contributed by atoms with Crippen LogP contribution < -0.4 is 4.72 Å². The van der Waals surface area contributed by atoms with Crippen molar-refractivity contribution >= 4 is 43.3 Å². The smallest absolute Gasteiger partial charge is 0.240 e. The quantitative estimate of drug-likeness (QED) is 0.541. The molecule has 1 aliphatic heterocycles. The van der Waals surface area contributed by atoms with Gasteiger partial charge in [-0.1, -0.05) is 18.7 Å². The summed E-state index contributed by atoms with van der Waals surface area (Å²) in [5, 5.41) is 0. The highest BCUT2D eigenvalue weighted by molar-refractivity contribution is 8.01. The number of aromatic nitrogens is 1. The van der Waals surface area contributed by atoms with E-state index in [4.69, 9.17) is 4.74 Å². The summed E-state index contributed by atoms with van der Waals surface area (Å²) in [6.07, 6.45) is 0.791. The molecule has 1 aromatic carbocycles. The number of rotatable bonds is 8. The third kappa shape index (κ3) is 5.15. The molecule has 0 saturated carbocycles. The molecule has 1 saturated heterocycles. The number of fused-ring (bicyclic) bond motifs is 1. The molecule has 2 heterocycles. The van der Waals surface area contributed by atoms with Crippen LogP contribution in [0.5, 0.6) is 0 Å². The van der Waals surface area contributed by atoms with Crippen molar-refractivity contribution in [3.8, 4) is 0 Å². The highest BCUT2D eigenvalue weighted by Crippen LogP contribution is 2.30. The SMILES string of the molecule is CCSc1nc2ccc(S(=O)(=O)NCCCN3CCOCC3)cc2s1. The Balaban J connectivity index is 1.58. The standard InChI is InChI=1S/C16H23N3O3S3/c1-2-23-16-18-14-5-4-13(12-15(14)24-16)25(20,21)17-6-3-7-19-8-10-22-11-9-19/h4-5,12,17H,2-3,6-11H2,1H3. The number of sulfonamides is 1. The molecule has 1 aromatic heterocycles. The van der Waals surface area contributed by atoms with Crippen LogP contribution in [-0.2, 0) is 14.8 Å². The molecule has 138 valence electrons. The fourth-order valence-corrected chi connectivity index (χ4v) is 5.83. The minimum absolute atomic E-state index is 0.308. The second-order valence-corrected chi connectivity index (χ2v) is 10.1. The van der Waals surface area contributed by atoms with Gasteiger partial charge in [-0.05, 0) is 36.9 Å². The van der Waals surface area contributed by atoms with Crippen molar-refractivity contribution in [2.24, 2.45) is 0 Å². The average molecular weight is 402 g/mol. The van der Waals surface area contributed by atoms with Gasteiger partial charge in [0, 0.05) is 19.6 Å². The molecule has 1 aliphatic rings. The van der Waals surface area contributed by atoms with E-state index >= 15 is 0 Å². The molecule has 0 atom stereocenters. The molecule has 0 unspecified atom stereocenters. The van der Waals surface area contributed by atoms with Gasteiger partial charge < -0.3 is 4.74 Å². The molecule has 1 N–H and O–H groups in total. The molecule has 1 fully saturated rings. The molecule has 0 amide bonds. The van der Waals surface area contributed by atoms with Gasteiger partial charge in [-0.2, -0.15) is 0 Å². The minimum Gasteiger partial charge on any atom is -0.379 e. The van der Waals surface area contributed by atoms with Crippen molar-refractivity contribution in [2.45, 2.75) is 22.6 Å². The van der Waals surface area contributed by atoms with Crippen molar-refractivity contribution in [2.75, 3.05) is 45.1 Å². The zero-order valence-corrected chi connectivity index (χ0v) is 16.7. The molecule has 6 nitrogen and oxygen atoms in total. The van der Waals surface area contributed by atoms with Gasteiger partial charge in [-0.15, -0.1) is 11.3 Å². The van der Waals surface area contributed by atoms with E-state index in [1.54, 1.807) is 41.3 Å². The number of hydrogen-bond acceptors (Lipinski definition) is 7. The maximum atomic E-state index is 12.5. The Morgan fingerprint density at radius 3 is 2.92 bits per heavy atom. The lowest BCUT2D eigenvalue weighted by Gasteiger charge is -2.26. The number of thiazole rings is 1. The van der Waals surface area contributed by atoms with Crippen molar-refractivity contribution in [3.05, 3.63) is 18.2 Å². The van der Waals surface area contributed by atoms with Crippen LogP contribution in [0.15, 0.2) is 27.4 Å². The van der Waals surface area contributed by atoms with E-state index in [0.717, 1.165) is 59.6 Å². The minimum atomic E-state index is -3.48. The predicted molar refractivity (Wildman–Crippen MR) is 103 cm³/mol. The van der Waals surface area contributed by atoms with Crippen LogP contribution in [0, 0.1) is 0 Å². The second kappa shape index (κ2) is 8.79. The Hall–Kier alpha value is -0.710. The summed E-state index contributed by atoms with van der Waals surface area (Å²) in [7, 11) is -3.48. The van der Waals surface area contributed by atoms with Crippen molar-refractivity contribution < 1.29 is 13.2 Å². The predicted octanol–water partition coefficient (Wildman–Crippen LogP) is 2.41. The van der Waals surface area contributed by atoms with Gasteiger partial charge >= 0.3 is 0 Å². The largest absolute Gasteiger partial charge is 0.379 e. The summed E-state index contributed by atoms with van der Waals surface area (Å²) in [4.78, 5) is 7.11. The highest BCUT2D eigenvalue weighted by Gasteiger charge is 2.16. The molecule has 9 heteroatoms. The molecule has 2 aromatic rings. The third-order valence-electron chi connectivity index (χ3n) is 3.97. The first-order valence-electron chi connectivity index (χ1n) is 8.41. The van der Waals surface area contributed by atoms with Crippen LogP contribution >= 0.6 is 23.1 Å². The zero-order valence-electron chi connectivity index (χ0n) is 14.2. The van der Waals surface area contributed by atoms with Crippen molar-refractivity contribution in [1.82, 2.24) is 14.6 Å². The Bertz CT molecular complexity index is 801. The van der Waals surface area contributed by atoms with Gasteiger partial charge in [-0.25, -0.2) is 18.1 Å². The van der Waals surface area contributed by atoms with E-state index in [1.165, 1.54) is 0 Å². The lowest BCUT2D eigenvalue weighted by molar-refractivity contribution is 0.0376. The molecular weight excluding hydrogens is 378 g/mol. The first-order valence-corrected chi connectivity index (χ1v) is 11.7. The molecule has 0 bridgehead atoms. The van der Waals surface area contributed by atoms with Crippen LogP contribution in [0.2, 0.25) is 0 Å². The number of hydrogen-bond donors (Lipinski definition) is 1. The number of nitrogens with zero attached hydrogens (tertiary/aromatic N) is 2. The van der Waals surface area contributed by atoms with E-state index in [0.29, 0.717) is 11.4 Å². The lowest BCUT2D eigenvalue weighted by atomic mass is 10.3. The molecule has 0 aliphatic carbocycles.